The van der Waals surface area contributed by atoms with Crippen molar-refractivity contribution < 1.29 is 35.1 Å². The van der Waals surface area contributed by atoms with Crippen LogP contribution in [-0.4, -0.2) is 39.1 Å². The Bertz CT molecular complexity index is 1300. The molecule has 276 valence electrons. The number of hydrogen-bond donors (Lipinski definition) is 6. The number of rotatable bonds is 9. The molecule has 12 heteroatoms. The average molecular weight is 943 g/mol. The van der Waals surface area contributed by atoms with Crippen molar-refractivity contribution in [3.63, 3.8) is 0 Å². The molecular weight excluding hydrogens is 890 g/mol. The maximum atomic E-state index is 12.0. The monoisotopic (exact) mass is 939 g/mol. The predicted octanol–water partition coefficient (Wildman–Crippen LogP) is 11.5. The topological polar surface area (TPSA) is 153 Å². The molecule has 2 aromatic carbocycles. The molecular formula is C37H53Br4NO7. The number of phenolic OH excluding ortho intramolecular Hbond substituents is 4. The number of amides is 1. The Morgan fingerprint density at radius 1 is 0.714 bits per heavy atom. The standard InChI is InChI=1S/C37H53Br4NO7/c1-21-9-3-5-11-24(14-8-16-32(40)41)34-29(45)19-26(20-30(34)46)36(49-37(42)48)22(2)10-4-6-12-23(13-7-15-31(38)39)33-27(43)17-25(35(21)47)18-28(33)44/h17-24,31-32,35-36,43-47H,3-16H2,1-2H3,(H2,42,48)/t21-,22-,23+,24+,35+,36+/m0/s1. The minimum absolute atomic E-state index is 0.00518. The lowest BCUT2D eigenvalue weighted by atomic mass is 9.83. The first-order valence-corrected chi connectivity index (χ1v) is 21.2. The van der Waals surface area contributed by atoms with Gasteiger partial charge in [-0.1, -0.05) is 116 Å². The highest BCUT2D eigenvalue weighted by molar-refractivity contribution is 9.25. The lowest BCUT2D eigenvalue weighted by Gasteiger charge is -2.27. The summed E-state index contributed by atoms with van der Waals surface area (Å²) in [6, 6.07) is 6.40. The van der Waals surface area contributed by atoms with Crippen molar-refractivity contribution in [1.29, 1.82) is 0 Å². The number of aromatic hydroxyl groups is 4. The van der Waals surface area contributed by atoms with E-state index in [2.05, 4.69) is 63.7 Å². The van der Waals surface area contributed by atoms with E-state index in [4.69, 9.17) is 10.5 Å². The molecule has 6 atom stereocenters. The number of benzene rings is 2. The molecule has 49 heavy (non-hydrogen) atoms. The number of alkyl halides is 4. The zero-order valence-electron chi connectivity index (χ0n) is 28.5. The van der Waals surface area contributed by atoms with Crippen molar-refractivity contribution >= 4 is 69.8 Å². The third-order valence-corrected chi connectivity index (χ3v) is 11.8. The van der Waals surface area contributed by atoms with Crippen LogP contribution >= 0.6 is 63.7 Å². The van der Waals surface area contributed by atoms with E-state index in [-0.39, 0.29) is 54.1 Å². The molecule has 2 aromatic rings. The fourth-order valence-corrected chi connectivity index (χ4v) is 8.65. The van der Waals surface area contributed by atoms with Gasteiger partial charge in [0, 0.05) is 16.7 Å². The van der Waals surface area contributed by atoms with E-state index in [1.807, 2.05) is 13.8 Å². The van der Waals surface area contributed by atoms with Crippen LogP contribution in [0.1, 0.15) is 150 Å². The fourth-order valence-electron chi connectivity index (χ4n) is 7.35. The van der Waals surface area contributed by atoms with Crippen LogP contribution in [0.5, 0.6) is 23.0 Å². The van der Waals surface area contributed by atoms with E-state index in [1.165, 1.54) is 0 Å². The maximum Gasteiger partial charge on any atom is 0.405 e. The molecule has 4 aliphatic rings. The van der Waals surface area contributed by atoms with Crippen LogP contribution < -0.4 is 5.73 Å². The van der Waals surface area contributed by atoms with Gasteiger partial charge in [0.2, 0.25) is 0 Å². The quantitative estimate of drug-likeness (QED) is 0.137. The van der Waals surface area contributed by atoms with E-state index in [9.17, 15) is 30.3 Å². The van der Waals surface area contributed by atoms with Crippen LogP contribution in [0.15, 0.2) is 24.3 Å². The zero-order chi connectivity index (χ0) is 36.2. The second kappa shape index (κ2) is 20.7. The lowest BCUT2D eigenvalue weighted by molar-refractivity contribution is 0.0690. The molecule has 0 fully saturated rings. The van der Waals surface area contributed by atoms with Gasteiger partial charge in [-0.15, -0.1) is 0 Å². The molecule has 1 amide bonds. The summed E-state index contributed by atoms with van der Waals surface area (Å²) in [5.41, 5.74) is 7.48. The minimum Gasteiger partial charge on any atom is -0.508 e. The van der Waals surface area contributed by atoms with Gasteiger partial charge in [-0.2, -0.15) is 0 Å². The van der Waals surface area contributed by atoms with Gasteiger partial charge in [-0.25, -0.2) is 4.79 Å². The van der Waals surface area contributed by atoms with Crippen molar-refractivity contribution in [1.82, 2.24) is 0 Å². The summed E-state index contributed by atoms with van der Waals surface area (Å²) in [6.07, 6.45) is 8.44. The molecule has 8 nitrogen and oxygen atoms in total. The van der Waals surface area contributed by atoms with Crippen molar-refractivity contribution in [2.75, 3.05) is 0 Å². The average Bonchev–Trinajstić information content (AvgIpc) is 3.01. The van der Waals surface area contributed by atoms with Crippen LogP contribution in [0.2, 0.25) is 0 Å². The van der Waals surface area contributed by atoms with Gasteiger partial charge in [0.05, 0.1) is 13.6 Å². The van der Waals surface area contributed by atoms with Crippen molar-refractivity contribution in [2.45, 2.75) is 135 Å². The highest BCUT2D eigenvalue weighted by Crippen LogP contribution is 2.46. The van der Waals surface area contributed by atoms with Gasteiger partial charge in [-0.05, 0) is 105 Å². The molecule has 0 aliphatic heterocycles. The van der Waals surface area contributed by atoms with Crippen LogP contribution in [0, 0.1) is 11.8 Å². The highest BCUT2D eigenvalue weighted by Gasteiger charge is 2.29. The van der Waals surface area contributed by atoms with Crippen molar-refractivity contribution in [3.8, 4) is 23.0 Å². The van der Waals surface area contributed by atoms with Gasteiger partial charge >= 0.3 is 6.09 Å². The molecule has 0 unspecified atom stereocenters. The maximum absolute atomic E-state index is 12.0. The second-order valence-corrected chi connectivity index (χ2v) is 20.7. The summed E-state index contributed by atoms with van der Waals surface area (Å²) in [5.74, 6) is -0.544. The van der Waals surface area contributed by atoms with Gasteiger partial charge < -0.3 is 36.0 Å². The van der Waals surface area contributed by atoms with E-state index < -0.39 is 18.3 Å². The molecule has 0 saturated heterocycles. The van der Waals surface area contributed by atoms with Crippen molar-refractivity contribution in [2.24, 2.45) is 17.6 Å². The summed E-state index contributed by atoms with van der Waals surface area (Å²) in [4.78, 5) is 12.0. The number of carbonyl (C=O) groups excluding carboxylic acids is 1. The number of carbonyl (C=O) groups is 1. The first-order valence-electron chi connectivity index (χ1n) is 17.5. The third kappa shape index (κ3) is 13.1. The molecule has 0 saturated carbocycles. The van der Waals surface area contributed by atoms with Crippen LogP contribution in [-0.2, 0) is 4.74 Å². The molecule has 0 radical (unpaired) electrons. The second-order valence-electron chi connectivity index (χ2n) is 13.8. The van der Waals surface area contributed by atoms with E-state index in [1.54, 1.807) is 24.3 Å². The summed E-state index contributed by atoms with van der Waals surface area (Å²) in [7, 11) is 0. The van der Waals surface area contributed by atoms with Gasteiger partial charge in [0.25, 0.3) is 0 Å². The van der Waals surface area contributed by atoms with Crippen LogP contribution in [0.3, 0.4) is 0 Å². The number of halogens is 4. The van der Waals surface area contributed by atoms with Crippen LogP contribution in [0.25, 0.3) is 0 Å². The number of nitrogens with two attached hydrogens (primary N) is 1. The summed E-state index contributed by atoms with van der Waals surface area (Å²) >= 11 is 14.2. The zero-order valence-corrected chi connectivity index (χ0v) is 34.8. The Hall–Kier alpha value is -1.21. The Morgan fingerprint density at radius 2 is 1.10 bits per heavy atom. The first kappa shape index (κ1) is 42.2. The molecule has 0 spiro atoms. The molecule has 6 rings (SSSR count). The highest BCUT2D eigenvalue weighted by atomic mass is 79.9. The number of phenols is 4. The molecule has 0 heterocycles. The van der Waals surface area contributed by atoms with Crippen LogP contribution in [0.4, 0.5) is 4.79 Å². The van der Waals surface area contributed by atoms with Gasteiger partial charge in [0.1, 0.15) is 29.1 Å². The predicted molar refractivity (Wildman–Crippen MR) is 210 cm³/mol. The summed E-state index contributed by atoms with van der Waals surface area (Å²) < 4.78 is 5.92. The van der Waals surface area contributed by atoms with Crippen molar-refractivity contribution in [3.05, 3.63) is 46.5 Å². The van der Waals surface area contributed by atoms with Gasteiger partial charge in [0.15, 0.2) is 0 Å². The Morgan fingerprint density at radius 3 is 1.51 bits per heavy atom. The van der Waals surface area contributed by atoms with E-state index >= 15 is 0 Å². The number of hydrogen-bond acceptors (Lipinski definition) is 7. The number of ether oxygens (including phenoxy) is 1. The molecule has 4 aliphatic carbocycles. The number of primary amides is 1. The Balaban J connectivity index is 1.98. The smallest absolute Gasteiger partial charge is 0.405 e. The SMILES string of the molecule is C[C@H]1CCCC[C@H](CCCC(Br)Br)c2c(O)cc(cc2O)[C@H](OC(N)=O)[C@@H](C)CCCC[C@H](CCCC(Br)Br)c2c(O)cc(cc2O)[C@@H]1O. The number of aliphatic hydroxyl groups excluding tert-OH is 1. The Kier molecular flexibility index (Phi) is 17.9. The molecule has 0 aromatic heterocycles. The number of aliphatic hydroxyl groups is 1. The lowest BCUT2D eigenvalue weighted by Crippen LogP contribution is -2.22. The minimum atomic E-state index is -0.927. The first-order chi connectivity index (χ1) is 23.2. The summed E-state index contributed by atoms with van der Waals surface area (Å²) in [6.45, 7) is 3.93. The Labute approximate surface area is 325 Å². The largest absolute Gasteiger partial charge is 0.508 e. The fraction of sp³-hybridized carbons (Fsp3) is 0.649. The molecule has 7 N–H and O–H groups in total. The van der Waals surface area contributed by atoms with E-state index in [0.29, 0.717) is 41.5 Å². The summed E-state index contributed by atoms with van der Waals surface area (Å²) in [5, 5.41) is 56.4. The van der Waals surface area contributed by atoms with E-state index in [0.717, 1.165) is 70.6 Å². The molecule has 4 bridgehead atoms. The van der Waals surface area contributed by atoms with Gasteiger partial charge in [-0.3, -0.25) is 0 Å². The third-order valence-electron chi connectivity index (χ3n) is 9.98. The normalized spacial score (nSPS) is 24.5.